The first-order chi connectivity index (χ1) is 8.58. The average molecular weight is 255 g/mol. The fraction of sp³-hybridized carbons (Fsp3) is 1.00. The zero-order chi connectivity index (χ0) is 13.4. The number of hydrogen-bond acceptors (Lipinski definition) is 3. The largest absolute Gasteiger partial charge is 0.315 e. The molecule has 0 aromatic carbocycles. The van der Waals surface area contributed by atoms with Gasteiger partial charge in [0.05, 0.1) is 0 Å². The van der Waals surface area contributed by atoms with Gasteiger partial charge in [-0.15, -0.1) is 0 Å². The second-order valence-corrected chi connectivity index (χ2v) is 6.47. The van der Waals surface area contributed by atoms with E-state index in [0.29, 0.717) is 0 Å². The van der Waals surface area contributed by atoms with Crippen LogP contribution in [0.3, 0.4) is 0 Å². The van der Waals surface area contributed by atoms with Gasteiger partial charge in [0, 0.05) is 45.8 Å². The summed E-state index contributed by atoms with van der Waals surface area (Å²) in [6.07, 6.45) is 1.29. The number of rotatable bonds is 8. The lowest BCUT2D eigenvalue weighted by molar-refractivity contribution is 0.123. The van der Waals surface area contributed by atoms with E-state index in [0.717, 1.165) is 18.4 Å². The van der Waals surface area contributed by atoms with Gasteiger partial charge in [0.2, 0.25) is 0 Å². The van der Waals surface area contributed by atoms with Crippen molar-refractivity contribution in [2.75, 3.05) is 52.4 Å². The summed E-state index contributed by atoms with van der Waals surface area (Å²) in [5.74, 6) is 1.62. The van der Waals surface area contributed by atoms with Gasteiger partial charge in [-0.05, 0) is 24.8 Å². The van der Waals surface area contributed by atoms with Crippen LogP contribution in [0.4, 0.5) is 0 Å². The van der Waals surface area contributed by atoms with E-state index in [1.807, 2.05) is 0 Å². The summed E-state index contributed by atoms with van der Waals surface area (Å²) in [6, 6.07) is 0. The van der Waals surface area contributed by atoms with Crippen molar-refractivity contribution >= 4 is 0 Å². The van der Waals surface area contributed by atoms with Crippen LogP contribution in [0.2, 0.25) is 0 Å². The monoisotopic (exact) mass is 255 g/mol. The van der Waals surface area contributed by atoms with Crippen molar-refractivity contribution in [3.8, 4) is 0 Å². The zero-order valence-corrected chi connectivity index (χ0v) is 12.9. The molecule has 0 atom stereocenters. The van der Waals surface area contributed by atoms with E-state index in [-0.39, 0.29) is 0 Å². The topological polar surface area (TPSA) is 18.5 Å². The molecule has 0 saturated carbocycles. The quantitative estimate of drug-likeness (QED) is 0.668. The van der Waals surface area contributed by atoms with Crippen molar-refractivity contribution in [2.24, 2.45) is 11.8 Å². The first-order valence-corrected chi connectivity index (χ1v) is 7.73. The minimum absolute atomic E-state index is 0.800. The molecule has 108 valence electrons. The van der Waals surface area contributed by atoms with E-state index in [1.165, 1.54) is 52.2 Å². The molecule has 1 heterocycles. The third-order valence-electron chi connectivity index (χ3n) is 3.59. The SMILES string of the molecule is CC(C)CCNCCN1CCN(CC(C)C)CC1. The maximum atomic E-state index is 3.55. The smallest absolute Gasteiger partial charge is 0.0110 e. The van der Waals surface area contributed by atoms with Crippen molar-refractivity contribution in [1.29, 1.82) is 0 Å². The second-order valence-electron chi connectivity index (χ2n) is 6.47. The Morgan fingerprint density at radius 2 is 1.44 bits per heavy atom. The average Bonchev–Trinajstić information content (AvgIpc) is 2.30. The van der Waals surface area contributed by atoms with Crippen LogP contribution in [-0.4, -0.2) is 62.2 Å². The summed E-state index contributed by atoms with van der Waals surface area (Å²) in [5.41, 5.74) is 0. The van der Waals surface area contributed by atoms with Crippen LogP contribution in [-0.2, 0) is 0 Å². The van der Waals surface area contributed by atoms with E-state index >= 15 is 0 Å². The van der Waals surface area contributed by atoms with Crippen molar-refractivity contribution in [2.45, 2.75) is 34.1 Å². The summed E-state index contributed by atoms with van der Waals surface area (Å²) < 4.78 is 0. The van der Waals surface area contributed by atoms with Gasteiger partial charge in [0.25, 0.3) is 0 Å². The normalized spacial score (nSPS) is 19.0. The summed E-state index contributed by atoms with van der Waals surface area (Å²) >= 11 is 0. The van der Waals surface area contributed by atoms with Crippen LogP contribution < -0.4 is 5.32 Å². The summed E-state index contributed by atoms with van der Waals surface area (Å²) in [7, 11) is 0. The summed E-state index contributed by atoms with van der Waals surface area (Å²) in [4.78, 5) is 5.20. The van der Waals surface area contributed by atoms with Crippen LogP contribution in [0.25, 0.3) is 0 Å². The number of nitrogens with zero attached hydrogens (tertiary/aromatic N) is 2. The lowest BCUT2D eigenvalue weighted by Crippen LogP contribution is -2.48. The number of nitrogens with one attached hydrogen (secondary N) is 1. The third kappa shape index (κ3) is 7.34. The highest BCUT2D eigenvalue weighted by molar-refractivity contribution is 4.73. The molecule has 1 saturated heterocycles. The Labute approximate surface area is 114 Å². The van der Waals surface area contributed by atoms with Crippen LogP contribution in [0, 0.1) is 11.8 Å². The maximum absolute atomic E-state index is 3.55. The fourth-order valence-corrected chi connectivity index (χ4v) is 2.46. The number of piperazine rings is 1. The Hall–Kier alpha value is -0.120. The minimum atomic E-state index is 0.800. The molecule has 1 rings (SSSR count). The Morgan fingerprint density at radius 3 is 2.00 bits per heavy atom. The molecule has 3 nitrogen and oxygen atoms in total. The first-order valence-electron chi connectivity index (χ1n) is 7.73. The van der Waals surface area contributed by atoms with E-state index in [2.05, 4.69) is 42.8 Å². The molecule has 1 aliphatic rings. The lowest BCUT2D eigenvalue weighted by atomic mass is 10.1. The maximum Gasteiger partial charge on any atom is 0.0110 e. The molecule has 0 bridgehead atoms. The van der Waals surface area contributed by atoms with Crippen LogP contribution in [0.5, 0.6) is 0 Å². The predicted octanol–water partition coefficient (Wildman–Crippen LogP) is 1.90. The Bertz CT molecular complexity index is 196. The van der Waals surface area contributed by atoms with Gasteiger partial charge < -0.3 is 10.2 Å². The van der Waals surface area contributed by atoms with E-state index in [9.17, 15) is 0 Å². The van der Waals surface area contributed by atoms with Crippen molar-refractivity contribution < 1.29 is 0 Å². The van der Waals surface area contributed by atoms with E-state index in [1.54, 1.807) is 0 Å². The predicted molar refractivity (Wildman–Crippen MR) is 80.0 cm³/mol. The standard InChI is InChI=1S/C15H33N3/c1-14(2)5-6-16-7-8-17-9-11-18(12-10-17)13-15(3)4/h14-16H,5-13H2,1-4H3. The molecule has 0 aliphatic carbocycles. The molecular weight excluding hydrogens is 222 g/mol. The Kier molecular flexibility index (Phi) is 7.87. The second kappa shape index (κ2) is 8.89. The van der Waals surface area contributed by atoms with Crippen LogP contribution >= 0.6 is 0 Å². The van der Waals surface area contributed by atoms with Crippen molar-refractivity contribution in [3.63, 3.8) is 0 Å². The molecule has 18 heavy (non-hydrogen) atoms. The van der Waals surface area contributed by atoms with Gasteiger partial charge in [-0.1, -0.05) is 27.7 Å². The molecule has 0 radical (unpaired) electrons. The van der Waals surface area contributed by atoms with Gasteiger partial charge in [-0.25, -0.2) is 0 Å². The van der Waals surface area contributed by atoms with Gasteiger partial charge in [-0.2, -0.15) is 0 Å². The Morgan fingerprint density at radius 1 is 0.833 bits per heavy atom. The third-order valence-corrected chi connectivity index (χ3v) is 3.59. The molecule has 1 aliphatic heterocycles. The zero-order valence-electron chi connectivity index (χ0n) is 12.9. The van der Waals surface area contributed by atoms with E-state index < -0.39 is 0 Å². The van der Waals surface area contributed by atoms with Crippen LogP contribution in [0.15, 0.2) is 0 Å². The summed E-state index contributed by atoms with van der Waals surface area (Å²) in [5, 5.41) is 3.55. The minimum Gasteiger partial charge on any atom is -0.315 e. The molecule has 1 N–H and O–H groups in total. The lowest BCUT2D eigenvalue weighted by Gasteiger charge is -2.35. The fourth-order valence-electron chi connectivity index (χ4n) is 2.46. The molecule has 0 aromatic heterocycles. The molecule has 1 fully saturated rings. The van der Waals surface area contributed by atoms with Gasteiger partial charge in [-0.3, -0.25) is 4.90 Å². The highest BCUT2D eigenvalue weighted by Gasteiger charge is 2.16. The molecule has 0 aromatic rings. The highest BCUT2D eigenvalue weighted by Crippen LogP contribution is 2.04. The molecular formula is C15H33N3. The van der Waals surface area contributed by atoms with Gasteiger partial charge >= 0.3 is 0 Å². The molecule has 0 unspecified atom stereocenters. The highest BCUT2D eigenvalue weighted by atomic mass is 15.3. The van der Waals surface area contributed by atoms with Crippen LogP contribution in [0.1, 0.15) is 34.1 Å². The van der Waals surface area contributed by atoms with Crippen molar-refractivity contribution in [3.05, 3.63) is 0 Å². The molecule has 0 amide bonds. The van der Waals surface area contributed by atoms with Crippen molar-refractivity contribution in [1.82, 2.24) is 15.1 Å². The van der Waals surface area contributed by atoms with Gasteiger partial charge in [0.15, 0.2) is 0 Å². The van der Waals surface area contributed by atoms with Gasteiger partial charge in [0.1, 0.15) is 0 Å². The molecule has 0 spiro atoms. The number of hydrogen-bond donors (Lipinski definition) is 1. The Balaban J connectivity index is 1.98. The summed E-state index contributed by atoms with van der Waals surface area (Å²) in [6.45, 7) is 19.0. The van der Waals surface area contributed by atoms with E-state index in [4.69, 9.17) is 0 Å². The first kappa shape index (κ1) is 15.9. The molecule has 3 heteroatoms.